The van der Waals surface area contributed by atoms with Gasteiger partial charge in [0.2, 0.25) is 5.91 Å². The number of hydrogen-bond acceptors (Lipinski definition) is 5. The number of hydrogen-bond donors (Lipinski definition) is 1. The van der Waals surface area contributed by atoms with Gasteiger partial charge in [-0.25, -0.2) is 4.79 Å². The van der Waals surface area contributed by atoms with Crippen LogP contribution in [0.3, 0.4) is 0 Å². The van der Waals surface area contributed by atoms with E-state index in [2.05, 4.69) is 5.32 Å². The molecule has 0 atom stereocenters. The van der Waals surface area contributed by atoms with Crippen molar-refractivity contribution in [2.24, 2.45) is 0 Å². The van der Waals surface area contributed by atoms with Gasteiger partial charge in [0.15, 0.2) is 0 Å². The Morgan fingerprint density at radius 1 is 1.26 bits per heavy atom. The van der Waals surface area contributed by atoms with Crippen LogP contribution < -0.4 is 5.32 Å². The number of nitrogens with one attached hydrogen (secondary N) is 1. The average molecular weight is 262 g/mol. The maximum Gasteiger partial charge on any atom is 0.338 e. The first-order valence-electron chi connectivity index (χ1n) is 5.60. The summed E-state index contributed by atoms with van der Waals surface area (Å²) in [7, 11) is 1.52. The molecule has 1 N–H and O–H groups in total. The van der Waals surface area contributed by atoms with Gasteiger partial charge >= 0.3 is 5.97 Å². The zero-order valence-corrected chi connectivity index (χ0v) is 10.5. The van der Waals surface area contributed by atoms with Gasteiger partial charge in [-0.2, -0.15) is 5.26 Å². The molecule has 0 radical (unpaired) electrons. The summed E-state index contributed by atoms with van der Waals surface area (Å²) in [5.74, 6) is -0.843. The topological polar surface area (TPSA) is 88.4 Å². The highest BCUT2D eigenvalue weighted by atomic mass is 16.6. The van der Waals surface area contributed by atoms with Crippen molar-refractivity contribution < 1.29 is 19.1 Å². The summed E-state index contributed by atoms with van der Waals surface area (Å²) in [5.41, 5.74) is 0.906. The minimum absolute atomic E-state index is 0.190. The molecule has 0 unspecified atom stereocenters. The molecule has 1 rings (SSSR count). The molecule has 0 aromatic heterocycles. The summed E-state index contributed by atoms with van der Waals surface area (Å²) in [4.78, 5) is 22.7. The standard InChI is InChI=1S/C13H14N2O4/c1-18-8-9-19-13(17)10-2-4-11(5-3-10)15-12(16)6-7-14/h2-5H,6,8-9H2,1H3,(H,15,16). The Labute approximate surface area is 110 Å². The first-order chi connectivity index (χ1) is 9.17. The van der Waals surface area contributed by atoms with E-state index in [0.717, 1.165) is 0 Å². The highest BCUT2D eigenvalue weighted by Gasteiger charge is 2.07. The molecule has 0 fully saturated rings. The molecule has 0 bridgehead atoms. The molecule has 1 aromatic carbocycles. The predicted octanol–water partition coefficient (Wildman–Crippen LogP) is 1.34. The third-order valence-electron chi connectivity index (χ3n) is 2.16. The smallest absolute Gasteiger partial charge is 0.338 e. The van der Waals surface area contributed by atoms with Crippen molar-refractivity contribution in [3.63, 3.8) is 0 Å². The lowest BCUT2D eigenvalue weighted by Crippen LogP contribution is -2.11. The highest BCUT2D eigenvalue weighted by molar-refractivity contribution is 5.93. The summed E-state index contributed by atoms with van der Waals surface area (Å²) in [6.45, 7) is 0.532. The fraction of sp³-hybridized carbons (Fsp3) is 0.308. The Bertz CT molecular complexity index is 476. The van der Waals surface area contributed by atoms with Crippen molar-refractivity contribution >= 4 is 17.6 Å². The second-order valence-electron chi connectivity index (χ2n) is 3.59. The van der Waals surface area contributed by atoms with Gasteiger partial charge in [0, 0.05) is 12.8 Å². The first-order valence-corrected chi connectivity index (χ1v) is 5.60. The SMILES string of the molecule is COCCOC(=O)c1ccc(NC(=O)CC#N)cc1. The summed E-state index contributed by atoms with van der Waals surface area (Å²) in [6, 6.07) is 7.97. The fourth-order valence-corrected chi connectivity index (χ4v) is 1.27. The molecule has 6 heteroatoms. The molecule has 1 amide bonds. The number of anilines is 1. The monoisotopic (exact) mass is 262 g/mol. The van der Waals surface area contributed by atoms with E-state index in [-0.39, 0.29) is 13.0 Å². The maximum atomic E-state index is 11.5. The molecule has 0 aliphatic heterocycles. The largest absolute Gasteiger partial charge is 0.460 e. The highest BCUT2D eigenvalue weighted by Crippen LogP contribution is 2.10. The van der Waals surface area contributed by atoms with E-state index in [1.807, 2.05) is 0 Å². The molecular formula is C13H14N2O4. The van der Waals surface area contributed by atoms with Crippen molar-refractivity contribution in [1.29, 1.82) is 5.26 Å². The summed E-state index contributed by atoms with van der Waals surface area (Å²) < 4.78 is 9.70. The first kappa shape index (κ1) is 14.7. The lowest BCUT2D eigenvalue weighted by atomic mass is 10.2. The molecule has 0 heterocycles. The summed E-state index contributed by atoms with van der Waals surface area (Å²) in [6.07, 6.45) is -0.208. The fourth-order valence-electron chi connectivity index (χ4n) is 1.27. The molecular weight excluding hydrogens is 248 g/mol. The Morgan fingerprint density at radius 3 is 2.53 bits per heavy atom. The van der Waals surface area contributed by atoms with E-state index in [0.29, 0.717) is 17.9 Å². The minimum atomic E-state index is -0.452. The number of rotatable bonds is 6. The van der Waals surface area contributed by atoms with Gasteiger partial charge < -0.3 is 14.8 Å². The van der Waals surface area contributed by atoms with E-state index < -0.39 is 11.9 Å². The lowest BCUT2D eigenvalue weighted by Gasteiger charge is -2.06. The van der Waals surface area contributed by atoms with Gasteiger partial charge in [0.05, 0.1) is 18.2 Å². The summed E-state index contributed by atoms with van der Waals surface area (Å²) in [5, 5.41) is 10.9. The third-order valence-corrected chi connectivity index (χ3v) is 2.16. The van der Waals surface area contributed by atoms with Crippen LogP contribution in [0.25, 0.3) is 0 Å². The van der Waals surface area contributed by atoms with Crippen molar-refractivity contribution in [2.45, 2.75) is 6.42 Å². The van der Waals surface area contributed by atoms with Gasteiger partial charge in [-0.05, 0) is 24.3 Å². The van der Waals surface area contributed by atoms with Crippen molar-refractivity contribution in [1.82, 2.24) is 0 Å². The van der Waals surface area contributed by atoms with Gasteiger partial charge in [0.1, 0.15) is 13.0 Å². The molecule has 6 nitrogen and oxygen atoms in total. The van der Waals surface area contributed by atoms with Gasteiger partial charge in [-0.15, -0.1) is 0 Å². The van der Waals surface area contributed by atoms with Crippen molar-refractivity contribution in [2.75, 3.05) is 25.6 Å². The Hall–Kier alpha value is -2.39. The second-order valence-corrected chi connectivity index (χ2v) is 3.59. The number of carbonyl (C=O) groups excluding carboxylic acids is 2. The minimum Gasteiger partial charge on any atom is -0.460 e. The van der Waals surface area contributed by atoms with Crippen LogP contribution in [-0.2, 0) is 14.3 Å². The number of amides is 1. The number of benzene rings is 1. The lowest BCUT2D eigenvalue weighted by molar-refractivity contribution is -0.115. The second kappa shape index (κ2) is 7.84. The predicted molar refractivity (Wildman–Crippen MR) is 67.5 cm³/mol. The van der Waals surface area contributed by atoms with E-state index in [9.17, 15) is 9.59 Å². The Balaban J connectivity index is 2.54. The zero-order chi connectivity index (χ0) is 14.1. The molecule has 0 aliphatic rings. The van der Waals surface area contributed by atoms with E-state index >= 15 is 0 Å². The van der Waals surface area contributed by atoms with Crippen LogP contribution in [0, 0.1) is 11.3 Å². The number of ether oxygens (including phenoxy) is 2. The molecule has 0 saturated heterocycles. The Kier molecular flexibility index (Phi) is 6.06. The quantitative estimate of drug-likeness (QED) is 0.617. The molecule has 1 aromatic rings. The average Bonchev–Trinajstić information content (AvgIpc) is 2.40. The molecule has 0 aliphatic carbocycles. The van der Waals surface area contributed by atoms with E-state index in [4.69, 9.17) is 14.7 Å². The van der Waals surface area contributed by atoms with Crippen LogP contribution in [0.15, 0.2) is 24.3 Å². The number of nitrogens with zero attached hydrogens (tertiary/aromatic N) is 1. The number of carbonyl (C=O) groups is 2. The number of esters is 1. The summed E-state index contributed by atoms with van der Waals surface area (Å²) >= 11 is 0. The molecule has 19 heavy (non-hydrogen) atoms. The van der Waals surface area contributed by atoms with Gasteiger partial charge in [-0.1, -0.05) is 0 Å². The van der Waals surface area contributed by atoms with Crippen LogP contribution in [-0.4, -0.2) is 32.2 Å². The van der Waals surface area contributed by atoms with Crippen molar-refractivity contribution in [3.8, 4) is 6.07 Å². The van der Waals surface area contributed by atoms with E-state index in [1.54, 1.807) is 18.2 Å². The van der Waals surface area contributed by atoms with Crippen LogP contribution >= 0.6 is 0 Å². The molecule has 0 saturated carbocycles. The molecule has 100 valence electrons. The third kappa shape index (κ3) is 5.19. The van der Waals surface area contributed by atoms with Gasteiger partial charge in [-0.3, -0.25) is 4.79 Å². The van der Waals surface area contributed by atoms with Crippen molar-refractivity contribution in [3.05, 3.63) is 29.8 Å². The number of nitriles is 1. The van der Waals surface area contributed by atoms with Crippen LogP contribution in [0.5, 0.6) is 0 Å². The Morgan fingerprint density at radius 2 is 1.95 bits per heavy atom. The zero-order valence-electron chi connectivity index (χ0n) is 10.5. The van der Waals surface area contributed by atoms with E-state index in [1.165, 1.54) is 19.2 Å². The van der Waals surface area contributed by atoms with Gasteiger partial charge in [0.25, 0.3) is 0 Å². The van der Waals surface area contributed by atoms with Crippen LogP contribution in [0.4, 0.5) is 5.69 Å². The maximum absolute atomic E-state index is 11.5. The van der Waals surface area contributed by atoms with Crippen LogP contribution in [0.2, 0.25) is 0 Å². The number of methoxy groups -OCH3 is 1. The molecule has 0 spiro atoms. The van der Waals surface area contributed by atoms with Crippen LogP contribution in [0.1, 0.15) is 16.8 Å². The normalized spacial score (nSPS) is 9.47.